The van der Waals surface area contributed by atoms with Gasteiger partial charge in [-0.1, -0.05) is 0 Å². The van der Waals surface area contributed by atoms with E-state index in [9.17, 15) is 4.79 Å². The molecule has 0 saturated carbocycles. The van der Waals surface area contributed by atoms with Gasteiger partial charge >= 0.3 is 0 Å². The largest absolute Gasteiger partial charge is 0.394 e. The molecule has 0 spiro atoms. The van der Waals surface area contributed by atoms with E-state index in [0.29, 0.717) is 18.7 Å². The monoisotopic (exact) mass is 267 g/mol. The van der Waals surface area contributed by atoms with Gasteiger partial charge in [-0.3, -0.25) is 4.79 Å². The first-order chi connectivity index (χ1) is 8.60. The predicted molar refractivity (Wildman–Crippen MR) is 71.0 cm³/mol. The van der Waals surface area contributed by atoms with E-state index >= 15 is 0 Å². The van der Waals surface area contributed by atoms with Crippen LogP contribution in [0.4, 0.5) is 0 Å². The Morgan fingerprint density at radius 2 is 2.11 bits per heavy atom. The van der Waals surface area contributed by atoms with Crippen molar-refractivity contribution >= 4 is 18.5 Å². The topological polar surface area (TPSA) is 49.8 Å². The molecule has 1 saturated heterocycles. The van der Waals surface area contributed by atoms with Gasteiger partial charge in [0.1, 0.15) is 0 Å². The molecule has 2 unspecified atom stereocenters. The summed E-state index contributed by atoms with van der Waals surface area (Å²) in [7, 11) is 0. The Kier molecular flexibility index (Phi) is 4.27. The van der Waals surface area contributed by atoms with E-state index in [1.807, 2.05) is 6.92 Å². The van der Waals surface area contributed by atoms with Crippen molar-refractivity contribution in [3.63, 3.8) is 0 Å². The van der Waals surface area contributed by atoms with Gasteiger partial charge in [-0.25, -0.2) is 0 Å². The average molecular weight is 267 g/mol. The number of ether oxygens (including phenoxy) is 1. The quantitative estimate of drug-likeness (QED) is 0.792. The minimum Gasteiger partial charge on any atom is -0.394 e. The smallest absolute Gasteiger partial charge is 0.254 e. The fraction of sp³-hybridized carbons (Fsp3) is 0.462. The minimum absolute atomic E-state index is 0.0306. The maximum Gasteiger partial charge on any atom is 0.254 e. The zero-order valence-corrected chi connectivity index (χ0v) is 11.1. The Hall–Kier alpha value is -1.04. The van der Waals surface area contributed by atoms with Crippen LogP contribution in [0.1, 0.15) is 17.3 Å². The lowest BCUT2D eigenvalue weighted by molar-refractivity contribution is -0.0858. The molecule has 1 aliphatic heterocycles. The fourth-order valence-corrected chi connectivity index (χ4v) is 2.25. The Morgan fingerprint density at radius 1 is 1.44 bits per heavy atom. The van der Waals surface area contributed by atoms with Gasteiger partial charge in [0.15, 0.2) is 0 Å². The second-order valence-electron chi connectivity index (χ2n) is 4.51. The number of carbonyl (C=O) groups is 1. The summed E-state index contributed by atoms with van der Waals surface area (Å²) in [6, 6.07) is 7.12. The van der Waals surface area contributed by atoms with Crippen molar-refractivity contribution < 1.29 is 14.6 Å². The number of aliphatic hydroxyl groups is 1. The molecule has 0 aromatic heterocycles. The van der Waals surface area contributed by atoms with Crippen molar-refractivity contribution in [2.45, 2.75) is 24.0 Å². The van der Waals surface area contributed by atoms with Crippen LogP contribution >= 0.6 is 12.6 Å². The molecule has 2 rings (SSSR count). The normalized spacial score (nSPS) is 24.1. The van der Waals surface area contributed by atoms with Gasteiger partial charge in [0.05, 0.1) is 18.8 Å². The van der Waals surface area contributed by atoms with Crippen LogP contribution in [-0.4, -0.2) is 47.8 Å². The summed E-state index contributed by atoms with van der Waals surface area (Å²) in [5.41, 5.74) is 0.638. The van der Waals surface area contributed by atoms with Crippen molar-refractivity contribution in [3.05, 3.63) is 29.8 Å². The summed E-state index contributed by atoms with van der Waals surface area (Å²) in [5.74, 6) is -0.0306. The standard InChI is InChI=1S/C13H17NO3S/c1-9-6-14(7-11(8-15)17-9)13(16)10-2-4-12(18)5-3-10/h2-5,9,11,15,18H,6-8H2,1H3. The van der Waals surface area contributed by atoms with Crippen LogP contribution in [-0.2, 0) is 4.74 Å². The molecule has 18 heavy (non-hydrogen) atoms. The second kappa shape index (κ2) is 5.73. The van der Waals surface area contributed by atoms with Gasteiger partial charge < -0.3 is 14.7 Å². The van der Waals surface area contributed by atoms with Crippen molar-refractivity contribution in [1.82, 2.24) is 4.90 Å². The van der Waals surface area contributed by atoms with Crippen molar-refractivity contribution in [1.29, 1.82) is 0 Å². The van der Waals surface area contributed by atoms with E-state index in [4.69, 9.17) is 9.84 Å². The molecule has 0 radical (unpaired) electrons. The SMILES string of the molecule is CC1CN(C(=O)c2ccc(S)cc2)CC(CO)O1. The fourth-order valence-electron chi connectivity index (χ4n) is 2.10. The first-order valence-electron chi connectivity index (χ1n) is 5.94. The third-order valence-corrected chi connectivity index (χ3v) is 3.23. The summed E-state index contributed by atoms with van der Waals surface area (Å²) in [6.07, 6.45) is -0.342. The van der Waals surface area contributed by atoms with Gasteiger partial charge in [0, 0.05) is 23.5 Å². The van der Waals surface area contributed by atoms with Gasteiger partial charge in [-0.15, -0.1) is 12.6 Å². The minimum atomic E-state index is -0.290. The van der Waals surface area contributed by atoms with E-state index in [0.717, 1.165) is 4.90 Å². The molecule has 1 heterocycles. The van der Waals surface area contributed by atoms with Crippen LogP contribution in [0.2, 0.25) is 0 Å². The highest BCUT2D eigenvalue weighted by Crippen LogP contribution is 2.15. The summed E-state index contributed by atoms with van der Waals surface area (Å²) in [5, 5.41) is 9.14. The molecule has 1 aliphatic rings. The van der Waals surface area contributed by atoms with Crippen LogP contribution in [0.5, 0.6) is 0 Å². The molecular formula is C13H17NO3S. The highest BCUT2D eigenvalue weighted by Gasteiger charge is 2.28. The van der Waals surface area contributed by atoms with E-state index in [2.05, 4.69) is 12.6 Å². The molecule has 98 valence electrons. The maximum atomic E-state index is 12.3. The van der Waals surface area contributed by atoms with E-state index in [-0.39, 0.29) is 24.7 Å². The zero-order valence-electron chi connectivity index (χ0n) is 10.2. The van der Waals surface area contributed by atoms with Crippen LogP contribution in [0, 0.1) is 0 Å². The van der Waals surface area contributed by atoms with Crippen LogP contribution in [0.15, 0.2) is 29.2 Å². The highest BCUT2D eigenvalue weighted by atomic mass is 32.1. The van der Waals surface area contributed by atoms with E-state index in [1.165, 1.54) is 0 Å². The van der Waals surface area contributed by atoms with Crippen molar-refractivity contribution in [3.8, 4) is 0 Å². The first-order valence-corrected chi connectivity index (χ1v) is 6.39. The third kappa shape index (κ3) is 3.04. The molecule has 0 aliphatic carbocycles. The van der Waals surface area contributed by atoms with Crippen molar-refractivity contribution in [2.24, 2.45) is 0 Å². The predicted octanol–water partition coefficient (Wildman–Crippen LogP) is 1.20. The third-order valence-electron chi connectivity index (χ3n) is 2.93. The van der Waals surface area contributed by atoms with Crippen LogP contribution < -0.4 is 0 Å². The number of rotatable bonds is 2. The number of carbonyl (C=O) groups excluding carboxylic acids is 1. The average Bonchev–Trinajstić information content (AvgIpc) is 2.38. The number of hydrogen-bond acceptors (Lipinski definition) is 4. The lowest BCUT2D eigenvalue weighted by atomic mass is 10.1. The number of nitrogens with zero attached hydrogens (tertiary/aromatic N) is 1. The molecule has 5 heteroatoms. The zero-order chi connectivity index (χ0) is 13.1. The van der Waals surface area contributed by atoms with Gasteiger partial charge in [0.25, 0.3) is 5.91 Å². The Balaban J connectivity index is 2.10. The van der Waals surface area contributed by atoms with Crippen LogP contribution in [0.3, 0.4) is 0 Å². The number of hydrogen-bond donors (Lipinski definition) is 2. The Labute approximate surface area is 112 Å². The number of morpholine rings is 1. The van der Waals surface area contributed by atoms with Crippen LogP contribution in [0.25, 0.3) is 0 Å². The van der Waals surface area contributed by atoms with E-state index in [1.54, 1.807) is 29.2 Å². The number of amides is 1. The lowest BCUT2D eigenvalue weighted by Crippen LogP contribution is -2.50. The summed E-state index contributed by atoms with van der Waals surface area (Å²) in [6.45, 7) is 2.82. The summed E-state index contributed by atoms with van der Waals surface area (Å²) >= 11 is 4.19. The molecule has 1 amide bonds. The van der Waals surface area contributed by atoms with Crippen molar-refractivity contribution in [2.75, 3.05) is 19.7 Å². The summed E-state index contributed by atoms with van der Waals surface area (Å²) < 4.78 is 5.51. The van der Waals surface area contributed by atoms with E-state index < -0.39 is 0 Å². The molecule has 1 aromatic carbocycles. The number of benzene rings is 1. The molecule has 0 bridgehead atoms. The molecule has 4 nitrogen and oxygen atoms in total. The first kappa shape index (κ1) is 13.4. The molecule has 1 N–H and O–H groups in total. The maximum absolute atomic E-state index is 12.3. The summed E-state index contributed by atoms with van der Waals surface area (Å²) in [4.78, 5) is 14.8. The number of thiol groups is 1. The lowest BCUT2D eigenvalue weighted by Gasteiger charge is -2.36. The Bertz CT molecular complexity index is 421. The second-order valence-corrected chi connectivity index (χ2v) is 5.02. The van der Waals surface area contributed by atoms with Gasteiger partial charge in [-0.05, 0) is 31.2 Å². The molecular weight excluding hydrogens is 250 g/mol. The molecule has 1 aromatic rings. The number of aliphatic hydroxyl groups excluding tert-OH is 1. The van der Waals surface area contributed by atoms with Gasteiger partial charge in [-0.2, -0.15) is 0 Å². The Morgan fingerprint density at radius 3 is 2.72 bits per heavy atom. The molecule has 1 fully saturated rings. The molecule has 2 atom stereocenters. The highest BCUT2D eigenvalue weighted by molar-refractivity contribution is 7.80. The van der Waals surface area contributed by atoms with Gasteiger partial charge in [0.2, 0.25) is 0 Å².